The lowest BCUT2D eigenvalue weighted by Crippen LogP contribution is -2.39. The second-order valence-corrected chi connectivity index (χ2v) is 5.74. The molecule has 0 aromatic heterocycles. The van der Waals surface area contributed by atoms with Gasteiger partial charge in [-0.2, -0.15) is 0 Å². The normalized spacial score (nSPS) is 15.8. The van der Waals surface area contributed by atoms with Crippen molar-refractivity contribution in [2.75, 3.05) is 39.8 Å². The third-order valence-corrected chi connectivity index (χ3v) is 4.03. The number of carbonyl (C=O) groups excluding carboxylic acids is 1. The highest BCUT2D eigenvalue weighted by Gasteiger charge is 2.18. The maximum absolute atomic E-state index is 13.7. The first kappa shape index (κ1) is 19.2. The molecule has 1 aromatic rings. The summed E-state index contributed by atoms with van der Waals surface area (Å²) in [6, 6.07) is 4.56. The Hall–Kier alpha value is -0.880. The fraction of sp³-hybridized carbons (Fsp3) is 0.533. The van der Waals surface area contributed by atoms with Crippen LogP contribution in [0.3, 0.4) is 0 Å². The highest BCUT2D eigenvalue weighted by molar-refractivity contribution is 6.31. The maximum Gasteiger partial charge on any atom is 0.236 e. The van der Waals surface area contributed by atoms with E-state index in [9.17, 15) is 9.18 Å². The quantitative estimate of drug-likeness (QED) is 0.904. The van der Waals surface area contributed by atoms with Gasteiger partial charge in [0, 0.05) is 37.3 Å². The van der Waals surface area contributed by atoms with Gasteiger partial charge in [0.25, 0.3) is 0 Å². The lowest BCUT2D eigenvalue weighted by Gasteiger charge is -2.24. The highest BCUT2D eigenvalue weighted by Crippen LogP contribution is 2.20. The Morgan fingerprint density at radius 3 is 2.91 bits per heavy atom. The first-order valence-corrected chi connectivity index (χ1v) is 7.55. The van der Waals surface area contributed by atoms with Gasteiger partial charge < -0.3 is 10.2 Å². The molecule has 0 atom stereocenters. The minimum absolute atomic E-state index is 0. The minimum Gasteiger partial charge on any atom is -0.340 e. The molecule has 1 fully saturated rings. The van der Waals surface area contributed by atoms with E-state index in [1.807, 2.05) is 0 Å². The van der Waals surface area contributed by atoms with Crippen LogP contribution >= 0.6 is 24.0 Å². The summed E-state index contributed by atoms with van der Waals surface area (Å²) in [6.45, 7) is 4.22. The highest BCUT2D eigenvalue weighted by atomic mass is 35.5. The fourth-order valence-electron chi connectivity index (χ4n) is 2.38. The molecule has 0 aliphatic carbocycles. The molecule has 1 aliphatic heterocycles. The molecular formula is C15H22Cl2FN3O. The largest absolute Gasteiger partial charge is 0.340 e. The van der Waals surface area contributed by atoms with Crippen LogP contribution in [-0.4, -0.2) is 55.5 Å². The van der Waals surface area contributed by atoms with E-state index in [1.165, 1.54) is 11.0 Å². The number of nitrogens with one attached hydrogen (secondary N) is 1. The van der Waals surface area contributed by atoms with Crippen molar-refractivity contribution < 1.29 is 9.18 Å². The van der Waals surface area contributed by atoms with Crippen LogP contribution in [0.1, 0.15) is 12.0 Å². The topological polar surface area (TPSA) is 35.6 Å². The summed E-state index contributed by atoms with van der Waals surface area (Å²) in [5, 5.41) is 3.66. The van der Waals surface area contributed by atoms with Gasteiger partial charge >= 0.3 is 0 Å². The van der Waals surface area contributed by atoms with Gasteiger partial charge in [0.1, 0.15) is 5.82 Å². The van der Waals surface area contributed by atoms with E-state index in [-0.39, 0.29) is 30.7 Å². The summed E-state index contributed by atoms with van der Waals surface area (Å²) < 4.78 is 13.7. The molecule has 0 bridgehead atoms. The van der Waals surface area contributed by atoms with E-state index < -0.39 is 0 Å². The summed E-state index contributed by atoms with van der Waals surface area (Å²) >= 11 is 6.00. The SMILES string of the molecule is CN(Cc1c(F)cccc1Cl)C(=O)CN1CCCNCC1.Cl. The summed E-state index contributed by atoms with van der Waals surface area (Å²) in [4.78, 5) is 15.9. The number of hydrogen-bond donors (Lipinski definition) is 1. The van der Waals surface area contributed by atoms with Gasteiger partial charge in [-0.1, -0.05) is 17.7 Å². The van der Waals surface area contributed by atoms with Crippen LogP contribution in [0.2, 0.25) is 5.02 Å². The predicted octanol–water partition coefficient (Wildman–Crippen LogP) is 2.15. The number of nitrogens with zero attached hydrogens (tertiary/aromatic N) is 2. The molecule has 0 radical (unpaired) electrons. The van der Waals surface area contributed by atoms with Crippen molar-refractivity contribution in [2.45, 2.75) is 13.0 Å². The molecule has 1 amide bonds. The van der Waals surface area contributed by atoms with Crippen molar-refractivity contribution in [3.8, 4) is 0 Å². The summed E-state index contributed by atoms with van der Waals surface area (Å²) in [5.41, 5.74) is 0.368. The molecule has 22 heavy (non-hydrogen) atoms. The van der Waals surface area contributed by atoms with Crippen LogP contribution in [-0.2, 0) is 11.3 Å². The van der Waals surface area contributed by atoms with Gasteiger partial charge in [-0.05, 0) is 31.6 Å². The van der Waals surface area contributed by atoms with Crippen LogP contribution < -0.4 is 5.32 Å². The van der Waals surface area contributed by atoms with E-state index in [0.717, 1.165) is 32.6 Å². The number of halogens is 3. The molecule has 1 aliphatic rings. The predicted molar refractivity (Wildman–Crippen MR) is 89.1 cm³/mol. The number of benzene rings is 1. The Kier molecular flexibility index (Phi) is 8.10. The molecule has 2 rings (SSSR count). The average Bonchev–Trinajstić information content (AvgIpc) is 2.71. The summed E-state index contributed by atoms with van der Waals surface area (Å²) in [7, 11) is 1.68. The Morgan fingerprint density at radius 1 is 1.41 bits per heavy atom. The van der Waals surface area contributed by atoms with Gasteiger partial charge in [0.15, 0.2) is 0 Å². The van der Waals surface area contributed by atoms with Crippen LogP contribution in [0.4, 0.5) is 4.39 Å². The van der Waals surface area contributed by atoms with E-state index in [1.54, 1.807) is 19.2 Å². The minimum atomic E-state index is -0.374. The monoisotopic (exact) mass is 349 g/mol. The molecule has 1 aromatic carbocycles. The third-order valence-electron chi connectivity index (χ3n) is 3.67. The first-order chi connectivity index (χ1) is 10.1. The van der Waals surface area contributed by atoms with Crippen molar-refractivity contribution in [3.05, 3.63) is 34.6 Å². The van der Waals surface area contributed by atoms with Crippen LogP contribution in [0.5, 0.6) is 0 Å². The molecular weight excluding hydrogens is 328 g/mol. The zero-order valence-corrected chi connectivity index (χ0v) is 14.2. The Balaban J connectivity index is 0.00000242. The maximum atomic E-state index is 13.7. The Labute approximate surface area is 142 Å². The molecule has 0 spiro atoms. The zero-order valence-electron chi connectivity index (χ0n) is 12.6. The Bertz CT molecular complexity index is 473. The number of likely N-dealkylation sites (N-methyl/N-ethyl adjacent to an activating group) is 1. The number of amides is 1. The lowest BCUT2D eigenvalue weighted by molar-refractivity contribution is -0.131. The van der Waals surface area contributed by atoms with Crippen molar-refractivity contribution in [1.29, 1.82) is 0 Å². The van der Waals surface area contributed by atoms with Crippen molar-refractivity contribution >= 4 is 29.9 Å². The second kappa shape index (κ2) is 9.30. The van der Waals surface area contributed by atoms with E-state index in [2.05, 4.69) is 10.2 Å². The molecule has 4 nitrogen and oxygen atoms in total. The van der Waals surface area contributed by atoms with Crippen LogP contribution in [0.25, 0.3) is 0 Å². The summed E-state index contributed by atoms with van der Waals surface area (Å²) in [6.07, 6.45) is 1.04. The second-order valence-electron chi connectivity index (χ2n) is 5.33. The number of hydrogen-bond acceptors (Lipinski definition) is 3. The van der Waals surface area contributed by atoms with Gasteiger partial charge in [0.05, 0.1) is 6.54 Å². The molecule has 124 valence electrons. The summed E-state index contributed by atoms with van der Waals surface area (Å²) in [5.74, 6) is -0.391. The van der Waals surface area contributed by atoms with E-state index in [0.29, 0.717) is 17.1 Å². The Morgan fingerprint density at radius 2 is 2.18 bits per heavy atom. The third kappa shape index (κ3) is 5.39. The van der Waals surface area contributed by atoms with E-state index in [4.69, 9.17) is 11.6 Å². The average molecular weight is 350 g/mol. The standard InChI is InChI=1S/C15H21ClFN3O.ClH/c1-19(10-12-13(16)4-2-5-14(12)17)15(21)11-20-8-3-6-18-7-9-20;/h2,4-5,18H,3,6-11H2,1H3;1H. The van der Waals surface area contributed by atoms with Gasteiger partial charge in [-0.15, -0.1) is 12.4 Å². The molecule has 1 heterocycles. The number of rotatable bonds is 4. The van der Waals surface area contributed by atoms with Gasteiger partial charge in [0.2, 0.25) is 5.91 Å². The fourth-order valence-corrected chi connectivity index (χ4v) is 2.60. The van der Waals surface area contributed by atoms with Crippen molar-refractivity contribution in [3.63, 3.8) is 0 Å². The van der Waals surface area contributed by atoms with Crippen molar-refractivity contribution in [2.24, 2.45) is 0 Å². The first-order valence-electron chi connectivity index (χ1n) is 7.18. The molecule has 1 saturated heterocycles. The zero-order chi connectivity index (χ0) is 15.2. The van der Waals surface area contributed by atoms with Crippen LogP contribution in [0, 0.1) is 5.82 Å². The van der Waals surface area contributed by atoms with Crippen LogP contribution in [0.15, 0.2) is 18.2 Å². The number of carbonyl (C=O) groups is 1. The lowest BCUT2D eigenvalue weighted by atomic mass is 10.2. The van der Waals surface area contributed by atoms with E-state index >= 15 is 0 Å². The smallest absolute Gasteiger partial charge is 0.236 e. The van der Waals surface area contributed by atoms with Gasteiger partial charge in [-0.3, -0.25) is 9.69 Å². The van der Waals surface area contributed by atoms with Gasteiger partial charge in [-0.25, -0.2) is 4.39 Å². The van der Waals surface area contributed by atoms with Crippen molar-refractivity contribution in [1.82, 2.24) is 15.1 Å². The molecule has 0 unspecified atom stereocenters. The molecule has 1 N–H and O–H groups in total. The molecule has 7 heteroatoms. The molecule has 0 saturated carbocycles.